The maximum absolute atomic E-state index is 12.5. The van der Waals surface area contributed by atoms with Gasteiger partial charge in [-0.15, -0.1) is 0 Å². The number of fused-ring (bicyclic) bond motifs is 1. The number of nitrogens with zero attached hydrogens (tertiary/aromatic N) is 3. The summed E-state index contributed by atoms with van der Waals surface area (Å²) in [5.41, 5.74) is 1.24. The molecule has 0 bridgehead atoms. The van der Waals surface area contributed by atoms with Gasteiger partial charge in [0.2, 0.25) is 12.7 Å². The molecule has 4 rings (SSSR count). The number of hydrogen-bond acceptors (Lipinski definition) is 7. The van der Waals surface area contributed by atoms with Crippen LogP contribution in [0.5, 0.6) is 11.5 Å². The van der Waals surface area contributed by atoms with Crippen molar-refractivity contribution in [2.24, 2.45) is 0 Å². The lowest BCUT2D eigenvalue weighted by Gasteiger charge is -2.43. The molecule has 0 radical (unpaired) electrons. The second-order valence-electron chi connectivity index (χ2n) is 8.21. The van der Waals surface area contributed by atoms with Crippen LogP contribution in [-0.4, -0.2) is 85.8 Å². The van der Waals surface area contributed by atoms with E-state index in [0.717, 1.165) is 70.2 Å². The van der Waals surface area contributed by atoms with Crippen molar-refractivity contribution in [1.29, 1.82) is 0 Å². The number of benzene rings is 1. The van der Waals surface area contributed by atoms with Crippen LogP contribution in [0.15, 0.2) is 18.2 Å². The highest BCUT2D eigenvalue weighted by Gasteiger charge is 2.30. The van der Waals surface area contributed by atoms with Crippen LogP contribution in [0.4, 0.5) is 0 Å². The van der Waals surface area contributed by atoms with E-state index < -0.39 is 0 Å². The zero-order valence-electron chi connectivity index (χ0n) is 17.7. The maximum Gasteiger partial charge on any atom is 0.306 e. The summed E-state index contributed by atoms with van der Waals surface area (Å²) in [6.45, 7) is 6.83. The lowest BCUT2D eigenvalue weighted by atomic mass is 10.0. The number of ether oxygens (including phenoxy) is 3. The molecule has 1 unspecified atom stereocenters. The predicted octanol–water partition coefficient (Wildman–Crippen LogP) is 1.48. The van der Waals surface area contributed by atoms with E-state index in [2.05, 4.69) is 26.7 Å². The normalized spacial score (nSPS) is 22.2. The number of hydrogen-bond donors (Lipinski definition) is 0. The van der Waals surface area contributed by atoms with Gasteiger partial charge in [-0.05, 0) is 30.5 Å². The van der Waals surface area contributed by atoms with Crippen LogP contribution < -0.4 is 9.47 Å². The Morgan fingerprint density at radius 1 is 1.07 bits per heavy atom. The van der Waals surface area contributed by atoms with Crippen molar-refractivity contribution < 1.29 is 23.8 Å². The highest BCUT2D eigenvalue weighted by atomic mass is 16.7. The molecule has 0 aliphatic carbocycles. The lowest BCUT2D eigenvalue weighted by Crippen LogP contribution is -2.55. The molecule has 0 aromatic heterocycles. The lowest BCUT2D eigenvalue weighted by molar-refractivity contribution is -0.144. The van der Waals surface area contributed by atoms with E-state index in [0.29, 0.717) is 12.8 Å². The molecule has 3 aliphatic rings. The van der Waals surface area contributed by atoms with E-state index in [4.69, 9.17) is 9.47 Å². The molecule has 3 aliphatic heterocycles. The molecule has 1 aromatic carbocycles. The van der Waals surface area contributed by atoms with Crippen LogP contribution in [0, 0.1) is 0 Å². The number of piperidine rings is 1. The molecule has 0 saturated carbocycles. The summed E-state index contributed by atoms with van der Waals surface area (Å²) in [6, 6.07) is 6.59. The molecule has 1 atom stereocenters. The van der Waals surface area contributed by atoms with Gasteiger partial charge in [0.25, 0.3) is 0 Å². The van der Waals surface area contributed by atoms with Crippen LogP contribution in [-0.2, 0) is 20.9 Å². The van der Waals surface area contributed by atoms with Gasteiger partial charge in [-0.25, -0.2) is 0 Å². The summed E-state index contributed by atoms with van der Waals surface area (Å²) in [4.78, 5) is 30.7. The summed E-state index contributed by atoms with van der Waals surface area (Å²) in [7, 11) is 1.36. The molecule has 1 amide bonds. The average Bonchev–Trinajstić information content (AvgIpc) is 3.25. The Balaban J connectivity index is 1.23. The number of carbonyl (C=O) groups is 2. The van der Waals surface area contributed by atoms with Gasteiger partial charge in [0.15, 0.2) is 11.5 Å². The minimum Gasteiger partial charge on any atom is -0.469 e. The second kappa shape index (κ2) is 9.66. The van der Waals surface area contributed by atoms with Crippen molar-refractivity contribution in [2.75, 3.05) is 53.2 Å². The number of methoxy groups -OCH3 is 1. The number of likely N-dealkylation sites (tertiary alicyclic amines) is 1. The highest BCUT2D eigenvalue weighted by molar-refractivity contribution is 5.81. The zero-order valence-corrected chi connectivity index (χ0v) is 17.7. The fraction of sp³-hybridized carbons (Fsp3) is 0.636. The molecule has 0 spiro atoms. The monoisotopic (exact) mass is 417 g/mol. The average molecular weight is 418 g/mol. The number of amides is 1. The van der Waals surface area contributed by atoms with Crippen LogP contribution in [0.1, 0.15) is 31.2 Å². The number of esters is 1. The highest BCUT2D eigenvalue weighted by Crippen LogP contribution is 2.33. The Labute approximate surface area is 177 Å². The smallest absolute Gasteiger partial charge is 0.306 e. The van der Waals surface area contributed by atoms with Crippen molar-refractivity contribution in [1.82, 2.24) is 14.7 Å². The predicted molar refractivity (Wildman–Crippen MR) is 110 cm³/mol. The topological polar surface area (TPSA) is 71.6 Å². The van der Waals surface area contributed by atoms with Gasteiger partial charge in [-0.2, -0.15) is 0 Å². The summed E-state index contributed by atoms with van der Waals surface area (Å²) in [5, 5.41) is 0. The molecule has 2 fully saturated rings. The minimum atomic E-state index is -0.324. The number of piperazine rings is 1. The Hall–Kier alpha value is -2.32. The third-order valence-corrected chi connectivity index (χ3v) is 6.29. The third-order valence-electron chi connectivity index (χ3n) is 6.29. The van der Waals surface area contributed by atoms with Gasteiger partial charge >= 0.3 is 5.97 Å². The van der Waals surface area contributed by atoms with Gasteiger partial charge in [0.05, 0.1) is 13.5 Å². The Kier molecular flexibility index (Phi) is 6.74. The zero-order chi connectivity index (χ0) is 20.9. The van der Waals surface area contributed by atoms with Gasteiger partial charge < -0.3 is 19.1 Å². The first-order valence-corrected chi connectivity index (χ1v) is 10.8. The second-order valence-corrected chi connectivity index (χ2v) is 8.21. The van der Waals surface area contributed by atoms with E-state index in [9.17, 15) is 9.59 Å². The Morgan fingerprint density at radius 2 is 1.87 bits per heavy atom. The molecular weight excluding hydrogens is 386 g/mol. The van der Waals surface area contributed by atoms with E-state index in [1.54, 1.807) is 0 Å². The molecule has 3 heterocycles. The molecule has 30 heavy (non-hydrogen) atoms. The Bertz CT molecular complexity index is 763. The van der Waals surface area contributed by atoms with E-state index in [-0.39, 0.29) is 24.7 Å². The van der Waals surface area contributed by atoms with Crippen LogP contribution in [0.3, 0.4) is 0 Å². The van der Waals surface area contributed by atoms with Gasteiger partial charge in [0.1, 0.15) is 0 Å². The quantitative estimate of drug-likeness (QED) is 0.649. The largest absolute Gasteiger partial charge is 0.469 e. The molecule has 8 nitrogen and oxygen atoms in total. The first-order valence-electron chi connectivity index (χ1n) is 10.8. The molecule has 0 N–H and O–H groups in total. The van der Waals surface area contributed by atoms with Gasteiger partial charge in [-0.3, -0.25) is 19.4 Å². The molecular formula is C22H31N3O5. The fourth-order valence-corrected chi connectivity index (χ4v) is 4.53. The fourth-order valence-electron chi connectivity index (χ4n) is 4.53. The number of rotatable bonds is 6. The molecule has 164 valence electrons. The minimum absolute atomic E-state index is 0.0616. The summed E-state index contributed by atoms with van der Waals surface area (Å²) in [6.07, 6.45) is 2.55. The first kappa shape index (κ1) is 20.9. The maximum atomic E-state index is 12.5. The van der Waals surface area contributed by atoms with Crippen molar-refractivity contribution in [2.45, 2.75) is 38.3 Å². The summed E-state index contributed by atoms with van der Waals surface area (Å²) >= 11 is 0. The van der Waals surface area contributed by atoms with Crippen molar-refractivity contribution in [3.63, 3.8) is 0 Å². The van der Waals surface area contributed by atoms with E-state index in [1.165, 1.54) is 12.7 Å². The van der Waals surface area contributed by atoms with Crippen molar-refractivity contribution in [3.05, 3.63) is 23.8 Å². The van der Waals surface area contributed by atoms with Crippen LogP contribution >= 0.6 is 0 Å². The SMILES string of the molecule is COC(=O)CCC(=O)N1CCCC(N2CCN(Cc3ccc4c(c3)OCO4)CC2)C1. The third kappa shape index (κ3) is 5.05. The molecule has 2 saturated heterocycles. The standard InChI is InChI=1S/C22H31N3O5/c1-28-22(27)7-6-21(26)25-8-2-3-18(15-25)24-11-9-23(10-12-24)14-17-4-5-19-20(13-17)30-16-29-19/h4-5,13,18H,2-3,6-12,14-16H2,1H3. The molecule has 1 aromatic rings. The van der Waals surface area contributed by atoms with Crippen LogP contribution in [0.25, 0.3) is 0 Å². The van der Waals surface area contributed by atoms with Gasteiger partial charge in [-0.1, -0.05) is 6.07 Å². The van der Waals surface area contributed by atoms with Crippen molar-refractivity contribution in [3.8, 4) is 11.5 Å². The first-order chi connectivity index (χ1) is 14.6. The van der Waals surface area contributed by atoms with Gasteiger partial charge in [0, 0.05) is 58.3 Å². The van der Waals surface area contributed by atoms with E-state index in [1.807, 2.05) is 11.0 Å². The van der Waals surface area contributed by atoms with Crippen molar-refractivity contribution >= 4 is 11.9 Å². The Morgan fingerprint density at radius 3 is 2.67 bits per heavy atom. The van der Waals surface area contributed by atoms with E-state index >= 15 is 0 Å². The summed E-state index contributed by atoms with van der Waals surface area (Å²) < 4.78 is 15.5. The number of carbonyl (C=O) groups excluding carboxylic acids is 2. The molecule has 8 heteroatoms. The van der Waals surface area contributed by atoms with Crippen LogP contribution in [0.2, 0.25) is 0 Å². The summed E-state index contributed by atoms with van der Waals surface area (Å²) in [5.74, 6) is 1.40.